The fraction of sp³-hybridized carbons (Fsp3) is 0.200. The van der Waals surface area contributed by atoms with Crippen LogP contribution in [0.15, 0.2) is 36.5 Å². The van der Waals surface area contributed by atoms with Gasteiger partial charge in [-0.1, -0.05) is 29.8 Å². The highest BCUT2D eigenvalue weighted by atomic mass is 35.5. The fourth-order valence-corrected chi connectivity index (χ4v) is 3.35. The molecule has 3 heterocycles. The summed E-state index contributed by atoms with van der Waals surface area (Å²) in [6.07, 6.45) is 2.51. The minimum atomic E-state index is 0.130. The van der Waals surface area contributed by atoms with Gasteiger partial charge in [0.1, 0.15) is 5.75 Å². The lowest BCUT2D eigenvalue weighted by molar-refractivity contribution is 0.257. The number of para-hydroxylation sites is 1. The van der Waals surface area contributed by atoms with Crippen LogP contribution in [0.25, 0.3) is 11.2 Å². The summed E-state index contributed by atoms with van der Waals surface area (Å²) in [4.78, 5) is 7.63. The van der Waals surface area contributed by atoms with Gasteiger partial charge in [0.2, 0.25) is 0 Å². The van der Waals surface area contributed by atoms with E-state index in [1.54, 1.807) is 6.20 Å². The number of imidazole rings is 1. The second kappa shape index (κ2) is 4.86. The van der Waals surface area contributed by atoms with Gasteiger partial charge in [-0.05, 0) is 24.4 Å². The van der Waals surface area contributed by atoms with Gasteiger partial charge in [0, 0.05) is 18.2 Å². The maximum Gasteiger partial charge on any atom is 0.179 e. The molecule has 106 valence electrons. The maximum atomic E-state index is 6.00. The Morgan fingerprint density at radius 2 is 2.24 bits per heavy atom. The molecule has 0 saturated heterocycles. The summed E-state index contributed by atoms with van der Waals surface area (Å²) in [6.45, 7) is 0.670. The molecule has 0 bridgehead atoms. The van der Waals surface area contributed by atoms with E-state index >= 15 is 0 Å². The van der Waals surface area contributed by atoms with E-state index in [2.05, 4.69) is 20.6 Å². The fourth-order valence-electron chi connectivity index (χ4n) is 2.87. The SMILES string of the molecule is S=c1[nH]c2cc(Cl)cnc2n1C1CCOc2ccccc21. The van der Waals surface area contributed by atoms with Crippen LogP contribution in [0.5, 0.6) is 5.75 Å². The summed E-state index contributed by atoms with van der Waals surface area (Å²) in [6, 6.07) is 10.0. The Bertz CT molecular complexity index is 886. The average molecular weight is 318 g/mol. The molecular weight excluding hydrogens is 306 g/mol. The molecule has 1 aliphatic heterocycles. The van der Waals surface area contributed by atoms with Crippen molar-refractivity contribution in [3.63, 3.8) is 0 Å². The largest absolute Gasteiger partial charge is 0.493 e. The summed E-state index contributed by atoms with van der Waals surface area (Å²) in [5, 5.41) is 0.596. The van der Waals surface area contributed by atoms with Crippen molar-refractivity contribution in [2.75, 3.05) is 6.61 Å². The van der Waals surface area contributed by atoms with Crippen LogP contribution >= 0.6 is 23.8 Å². The van der Waals surface area contributed by atoms with Gasteiger partial charge in [0.25, 0.3) is 0 Å². The summed E-state index contributed by atoms with van der Waals surface area (Å²) in [5.74, 6) is 0.916. The number of ether oxygens (including phenoxy) is 1. The molecule has 3 aromatic rings. The minimum Gasteiger partial charge on any atom is -0.493 e. The Balaban J connectivity index is 1.96. The number of aromatic nitrogens is 3. The highest BCUT2D eigenvalue weighted by Gasteiger charge is 2.25. The predicted octanol–water partition coefficient (Wildman–Crippen LogP) is 4.12. The standard InChI is InChI=1S/C15H12ClN3OS/c16-9-7-11-14(17-8-9)19(15(21)18-11)12-5-6-20-13-4-2-1-3-10(12)13/h1-4,7-8,12H,5-6H2,(H,18,21). The number of H-pyrrole nitrogens is 1. The van der Waals surface area contributed by atoms with Gasteiger partial charge in [-0.2, -0.15) is 0 Å². The number of pyridine rings is 1. The Labute approximate surface area is 131 Å². The lowest BCUT2D eigenvalue weighted by Crippen LogP contribution is -2.20. The Hall–Kier alpha value is -1.85. The molecule has 0 radical (unpaired) electrons. The smallest absolute Gasteiger partial charge is 0.179 e. The average Bonchev–Trinajstić information content (AvgIpc) is 2.81. The first-order valence-corrected chi connectivity index (χ1v) is 7.50. The van der Waals surface area contributed by atoms with Gasteiger partial charge in [0.15, 0.2) is 10.4 Å². The molecule has 6 heteroatoms. The molecule has 1 N–H and O–H groups in total. The number of hydrogen-bond donors (Lipinski definition) is 1. The van der Waals surface area contributed by atoms with Crippen LogP contribution < -0.4 is 4.74 Å². The number of nitrogens with one attached hydrogen (secondary N) is 1. The lowest BCUT2D eigenvalue weighted by atomic mass is 10.0. The third-order valence-electron chi connectivity index (χ3n) is 3.76. The lowest BCUT2D eigenvalue weighted by Gasteiger charge is -2.27. The van der Waals surface area contributed by atoms with Crippen molar-refractivity contribution in [3.05, 3.63) is 51.9 Å². The van der Waals surface area contributed by atoms with Gasteiger partial charge < -0.3 is 9.72 Å². The van der Waals surface area contributed by atoms with Crippen molar-refractivity contribution in [1.82, 2.24) is 14.5 Å². The number of hydrogen-bond acceptors (Lipinski definition) is 3. The molecule has 0 amide bonds. The van der Waals surface area contributed by atoms with Crippen LogP contribution in [0.3, 0.4) is 0 Å². The van der Waals surface area contributed by atoms with Gasteiger partial charge >= 0.3 is 0 Å². The molecule has 0 saturated carbocycles. The number of fused-ring (bicyclic) bond motifs is 2. The first kappa shape index (κ1) is 12.9. The molecular formula is C15H12ClN3OS. The molecule has 0 fully saturated rings. The second-order valence-corrected chi connectivity index (χ2v) is 5.84. The van der Waals surface area contributed by atoms with Crippen LogP contribution in [-0.4, -0.2) is 21.1 Å². The Morgan fingerprint density at radius 3 is 3.14 bits per heavy atom. The number of benzene rings is 1. The Morgan fingerprint density at radius 1 is 1.38 bits per heavy atom. The predicted molar refractivity (Wildman–Crippen MR) is 84.6 cm³/mol. The quantitative estimate of drug-likeness (QED) is 0.687. The zero-order chi connectivity index (χ0) is 14.4. The van der Waals surface area contributed by atoms with E-state index in [1.807, 2.05) is 24.3 Å². The van der Waals surface area contributed by atoms with Crippen molar-refractivity contribution in [2.45, 2.75) is 12.5 Å². The molecule has 4 nitrogen and oxygen atoms in total. The molecule has 2 aromatic heterocycles. The molecule has 1 aliphatic rings. The second-order valence-electron chi connectivity index (χ2n) is 5.02. The number of aromatic amines is 1. The van der Waals surface area contributed by atoms with Gasteiger partial charge in [0.05, 0.1) is 23.2 Å². The van der Waals surface area contributed by atoms with Crippen molar-refractivity contribution >= 4 is 35.0 Å². The summed E-state index contributed by atoms with van der Waals surface area (Å²) in [5.41, 5.74) is 2.82. The maximum absolute atomic E-state index is 6.00. The number of halogens is 1. The summed E-state index contributed by atoms with van der Waals surface area (Å²) >= 11 is 11.5. The van der Waals surface area contributed by atoms with E-state index in [0.717, 1.165) is 28.9 Å². The van der Waals surface area contributed by atoms with Gasteiger partial charge in [-0.3, -0.25) is 4.57 Å². The highest BCUT2D eigenvalue weighted by Crippen LogP contribution is 2.36. The topological polar surface area (TPSA) is 42.8 Å². The van der Waals surface area contributed by atoms with Crippen molar-refractivity contribution in [3.8, 4) is 5.75 Å². The molecule has 1 aromatic carbocycles. The van der Waals surface area contributed by atoms with Crippen LogP contribution in [-0.2, 0) is 0 Å². The van der Waals surface area contributed by atoms with E-state index in [0.29, 0.717) is 16.4 Å². The summed E-state index contributed by atoms with van der Waals surface area (Å²) in [7, 11) is 0. The third kappa shape index (κ3) is 2.04. The van der Waals surface area contributed by atoms with E-state index < -0.39 is 0 Å². The molecule has 1 atom stereocenters. The molecule has 0 spiro atoms. The molecule has 21 heavy (non-hydrogen) atoms. The first-order chi connectivity index (χ1) is 10.2. The number of nitrogens with zero attached hydrogens (tertiary/aromatic N) is 2. The van der Waals surface area contributed by atoms with Crippen LogP contribution in [0.2, 0.25) is 5.02 Å². The van der Waals surface area contributed by atoms with Crippen LogP contribution in [0.4, 0.5) is 0 Å². The van der Waals surface area contributed by atoms with Crippen LogP contribution in [0, 0.1) is 4.77 Å². The molecule has 4 rings (SSSR count). The van der Waals surface area contributed by atoms with E-state index in [4.69, 9.17) is 28.6 Å². The minimum absolute atomic E-state index is 0.130. The van der Waals surface area contributed by atoms with Crippen molar-refractivity contribution in [2.24, 2.45) is 0 Å². The van der Waals surface area contributed by atoms with E-state index in [-0.39, 0.29) is 6.04 Å². The monoisotopic (exact) mass is 317 g/mol. The van der Waals surface area contributed by atoms with Crippen molar-refractivity contribution in [1.29, 1.82) is 0 Å². The third-order valence-corrected chi connectivity index (χ3v) is 4.27. The molecule has 0 aliphatic carbocycles. The molecule has 1 unspecified atom stereocenters. The normalized spacial score (nSPS) is 17.5. The Kier molecular flexibility index (Phi) is 2.97. The highest BCUT2D eigenvalue weighted by molar-refractivity contribution is 7.71. The summed E-state index contributed by atoms with van der Waals surface area (Å²) < 4.78 is 8.44. The van der Waals surface area contributed by atoms with E-state index in [9.17, 15) is 0 Å². The zero-order valence-electron chi connectivity index (χ0n) is 11.0. The van der Waals surface area contributed by atoms with E-state index in [1.165, 1.54) is 0 Å². The zero-order valence-corrected chi connectivity index (χ0v) is 12.6. The van der Waals surface area contributed by atoms with Crippen LogP contribution in [0.1, 0.15) is 18.0 Å². The van der Waals surface area contributed by atoms with Crippen molar-refractivity contribution < 1.29 is 4.74 Å². The number of rotatable bonds is 1. The van der Waals surface area contributed by atoms with Gasteiger partial charge in [-0.25, -0.2) is 4.98 Å². The van der Waals surface area contributed by atoms with Gasteiger partial charge in [-0.15, -0.1) is 0 Å². The first-order valence-electron chi connectivity index (χ1n) is 6.71.